The Balaban J connectivity index is 2.19. The lowest BCUT2D eigenvalue weighted by Gasteiger charge is -2.15. The molecule has 0 saturated heterocycles. The predicted molar refractivity (Wildman–Crippen MR) is 76.4 cm³/mol. The van der Waals surface area contributed by atoms with Crippen LogP contribution in [0.5, 0.6) is 5.75 Å². The van der Waals surface area contributed by atoms with Gasteiger partial charge in [0.25, 0.3) is 0 Å². The van der Waals surface area contributed by atoms with Gasteiger partial charge in [0.15, 0.2) is 0 Å². The number of rotatable bonds is 6. The van der Waals surface area contributed by atoms with Gasteiger partial charge < -0.3 is 15.6 Å². The Bertz CT molecular complexity index is 568. The average Bonchev–Trinajstić information content (AvgIpc) is 2.86. The van der Waals surface area contributed by atoms with Gasteiger partial charge in [0.2, 0.25) is 0 Å². The first-order valence-electron chi connectivity index (χ1n) is 6.64. The van der Waals surface area contributed by atoms with Crippen LogP contribution in [-0.2, 0) is 13.0 Å². The molecule has 0 aliphatic carbocycles. The van der Waals surface area contributed by atoms with E-state index in [1.54, 1.807) is 23.9 Å². The van der Waals surface area contributed by atoms with Gasteiger partial charge in [0, 0.05) is 18.5 Å². The number of para-hydroxylation sites is 1. The molecule has 0 spiro atoms. The highest BCUT2D eigenvalue weighted by molar-refractivity contribution is 5.59. The highest BCUT2D eigenvalue weighted by atomic mass is 16.5. The van der Waals surface area contributed by atoms with Crippen molar-refractivity contribution in [3.63, 3.8) is 0 Å². The molecule has 20 heavy (non-hydrogen) atoms. The van der Waals surface area contributed by atoms with E-state index in [1.165, 1.54) is 6.33 Å². The fourth-order valence-corrected chi connectivity index (χ4v) is 2.16. The first kappa shape index (κ1) is 14.3. The Morgan fingerprint density at radius 1 is 1.45 bits per heavy atom. The van der Waals surface area contributed by atoms with E-state index in [1.807, 2.05) is 6.07 Å². The van der Waals surface area contributed by atoms with Crippen molar-refractivity contribution in [1.82, 2.24) is 14.8 Å². The number of hydrogen-bond donors (Lipinski definition) is 2. The molecule has 3 N–H and O–H groups in total. The lowest BCUT2D eigenvalue weighted by Crippen LogP contribution is -2.12. The number of benzene rings is 1. The number of nitrogens with two attached hydrogens (primary N) is 1. The summed E-state index contributed by atoms with van der Waals surface area (Å²) >= 11 is 0. The monoisotopic (exact) mass is 276 g/mol. The molecule has 1 aromatic heterocycles. The van der Waals surface area contributed by atoms with Crippen LogP contribution < -0.4 is 10.5 Å². The molecular weight excluding hydrogens is 256 g/mol. The normalized spacial score (nSPS) is 12.3. The van der Waals surface area contributed by atoms with Crippen LogP contribution in [-0.4, -0.2) is 27.0 Å². The lowest BCUT2D eigenvalue weighted by molar-refractivity contribution is 0.174. The number of nitrogen functional groups attached to an aromatic ring is 1. The van der Waals surface area contributed by atoms with E-state index in [0.29, 0.717) is 23.4 Å². The molecule has 1 unspecified atom stereocenters. The predicted octanol–water partition coefficient (Wildman–Crippen LogP) is 1.56. The third-order valence-corrected chi connectivity index (χ3v) is 3.19. The Morgan fingerprint density at radius 2 is 2.25 bits per heavy atom. The fraction of sp³-hybridized carbons (Fsp3) is 0.429. The summed E-state index contributed by atoms with van der Waals surface area (Å²) in [6.07, 6.45) is 2.11. The van der Waals surface area contributed by atoms with Gasteiger partial charge in [0.1, 0.15) is 17.9 Å². The summed E-state index contributed by atoms with van der Waals surface area (Å²) in [7, 11) is 1.56. The summed E-state index contributed by atoms with van der Waals surface area (Å²) in [5, 5.41) is 14.5. The van der Waals surface area contributed by atoms with Gasteiger partial charge in [0.05, 0.1) is 18.9 Å². The van der Waals surface area contributed by atoms with Crippen LogP contribution in [0.3, 0.4) is 0 Å². The molecule has 0 aliphatic heterocycles. The Labute approximate surface area is 118 Å². The Hall–Kier alpha value is -2.08. The van der Waals surface area contributed by atoms with Gasteiger partial charge in [-0.05, 0) is 12.5 Å². The van der Waals surface area contributed by atoms with E-state index in [2.05, 4.69) is 17.0 Å². The van der Waals surface area contributed by atoms with Crippen molar-refractivity contribution < 1.29 is 9.84 Å². The molecule has 0 bridgehead atoms. The zero-order valence-electron chi connectivity index (χ0n) is 11.8. The molecule has 0 amide bonds. The smallest absolute Gasteiger partial charge is 0.142 e. The number of anilines is 1. The quantitative estimate of drug-likeness (QED) is 0.782. The number of aliphatic hydroxyl groups is 1. The Morgan fingerprint density at radius 3 is 2.95 bits per heavy atom. The molecule has 2 rings (SSSR count). The summed E-state index contributed by atoms with van der Waals surface area (Å²) in [5.74, 6) is 1.32. The number of nitrogens with zero attached hydrogens (tertiary/aromatic N) is 3. The highest BCUT2D eigenvalue weighted by Gasteiger charge is 2.17. The molecule has 2 aromatic rings. The summed E-state index contributed by atoms with van der Waals surface area (Å²) in [6.45, 7) is 2.86. The van der Waals surface area contributed by atoms with Crippen molar-refractivity contribution >= 4 is 5.69 Å². The summed E-state index contributed by atoms with van der Waals surface area (Å²) in [6, 6.07) is 5.37. The van der Waals surface area contributed by atoms with Crippen molar-refractivity contribution in [2.45, 2.75) is 32.4 Å². The second kappa shape index (κ2) is 6.38. The second-order valence-corrected chi connectivity index (χ2v) is 4.58. The van der Waals surface area contributed by atoms with Crippen LogP contribution in [0.2, 0.25) is 0 Å². The third-order valence-electron chi connectivity index (χ3n) is 3.19. The van der Waals surface area contributed by atoms with Crippen LogP contribution in [0.25, 0.3) is 0 Å². The van der Waals surface area contributed by atoms with E-state index in [4.69, 9.17) is 10.5 Å². The Kier molecular flexibility index (Phi) is 4.57. The molecule has 1 aromatic carbocycles. The average molecular weight is 276 g/mol. The van der Waals surface area contributed by atoms with E-state index in [9.17, 15) is 5.11 Å². The van der Waals surface area contributed by atoms with Crippen LogP contribution in [0.1, 0.15) is 30.8 Å². The number of ether oxygens (including phenoxy) is 1. The third kappa shape index (κ3) is 2.91. The van der Waals surface area contributed by atoms with Crippen molar-refractivity contribution in [3.05, 3.63) is 35.9 Å². The van der Waals surface area contributed by atoms with Crippen LogP contribution in [0, 0.1) is 0 Å². The lowest BCUT2D eigenvalue weighted by atomic mass is 10.0. The molecule has 0 saturated carbocycles. The first-order chi connectivity index (χ1) is 9.67. The minimum atomic E-state index is -0.732. The summed E-state index contributed by atoms with van der Waals surface area (Å²) in [4.78, 5) is 4.19. The fourth-order valence-electron chi connectivity index (χ4n) is 2.16. The van der Waals surface area contributed by atoms with Crippen LogP contribution >= 0.6 is 0 Å². The zero-order chi connectivity index (χ0) is 14.5. The minimum absolute atomic E-state index is 0.372. The van der Waals surface area contributed by atoms with Crippen molar-refractivity contribution in [1.29, 1.82) is 0 Å². The molecule has 0 aliphatic rings. The molecule has 0 fully saturated rings. The molecule has 6 nitrogen and oxygen atoms in total. The number of aliphatic hydroxyl groups excluding tert-OH is 1. The molecule has 1 atom stereocenters. The maximum Gasteiger partial charge on any atom is 0.142 e. The topological polar surface area (TPSA) is 86.2 Å². The van der Waals surface area contributed by atoms with E-state index < -0.39 is 6.10 Å². The van der Waals surface area contributed by atoms with Gasteiger partial charge >= 0.3 is 0 Å². The second-order valence-electron chi connectivity index (χ2n) is 4.58. The van der Waals surface area contributed by atoms with Crippen LogP contribution in [0.4, 0.5) is 5.69 Å². The molecule has 6 heteroatoms. The van der Waals surface area contributed by atoms with Gasteiger partial charge in [-0.3, -0.25) is 4.68 Å². The van der Waals surface area contributed by atoms with Gasteiger partial charge in [-0.15, -0.1) is 0 Å². The zero-order valence-corrected chi connectivity index (χ0v) is 11.8. The molecule has 0 radical (unpaired) electrons. The minimum Gasteiger partial charge on any atom is -0.495 e. The van der Waals surface area contributed by atoms with Crippen molar-refractivity contribution in [2.24, 2.45) is 0 Å². The van der Waals surface area contributed by atoms with Gasteiger partial charge in [-0.1, -0.05) is 19.1 Å². The van der Waals surface area contributed by atoms with Crippen molar-refractivity contribution in [3.8, 4) is 5.75 Å². The molecule has 1 heterocycles. The van der Waals surface area contributed by atoms with E-state index >= 15 is 0 Å². The molecule has 108 valence electrons. The first-order valence-corrected chi connectivity index (χ1v) is 6.64. The summed E-state index contributed by atoms with van der Waals surface area (Å²) in [5.41, 5.74) is 7.10. The number of aromatic nitrogens is 3. The van der Waals surface area contributed by atoms with E-state index in [0.717, 1.165) is 18.8 Å². The standard InChI is InChI=1S/C14H20N4O2/c1-3-7-18-13(16-9-17-18)8-11(19)10-5-4-6-12(20-2)14(10)15/h4-6,9,11,19H,3,7-8,15H2,1-2H3. The van der Waals surface area contributed by atoms with E-state index in [-0.39, 0.29) is 0 Å². The SMILES string of the molecule is CCCn1ncnc1CC(O)c1cccc(OC)c1N. The maximum atomic E-state index is 10.4. The number of aryl methyl sites for hydroxylation is 1. The van der Waals surface area contributed by atoms with Gasteiger partial charge in [-0.2, -0.15) is 5.10 Å². The molecular formula is C14H20N4O2. The largest absolute Gasteiger partial charge is 0.495 e. The highest BCUT2D eigenvalue weighted by Crippen LogP contribution is 2.30. The number of methoxy groups -OCH3 is 1. The maximum absolute atomic E-state index is 10.4. The summed E-state index contributed by atoms with van der Waals surface area (Å²) < 4.78 is 6.97. The van der Waals surface area contributed by atoms with Crippen LogP contribution in [0.15, 0.2) is 24.5 Å². The van der Waals surface area contributed by atoms with Gasteiger partial charge in [-0.25, -0.2) is 4.98 Å². The number of hydrogen-bond acceptors (Lipinski definition) is 5. The van der Waals surface area contributed by atoms with Crippen molar-refractivity contribution in [2.75, 3.05) is 12.8 Å².